The van der Waals surface area contributed by atoms with Crippen LogP contribution in [0.25, 0.3) is 0 Å². The van der Waals surface area contributed by atoms with Crippen LogP contribution in [0.5, 0.6) is 0 Å². The van der Waals surface area contributed by atoms with Gasteiger partial charge >= 0.3 is 0 Å². The fourth-order valence-electron chi connectivity index (χ4n) is 0.538. The first kappa shape index (κ1) is 5.66. The molecule has 1 heterocycles. The molecule has 44 valence electrons. The zero-order valence-electron chi connectivity index (χ0n) is 4.76. The molecular weight excluding hydrogens is 114 g/mol. The van der Waals surface area contributed by atoms with Crippen molar-refractivity contribution in [2.24, 2.45) is 0 Å². The van der Waals surface area contributed by atoms with E-state index in [1.165, 1.54) is 11.1 Å². The second-order valence-corrected chi connectivity index (χ2v) is 1.58. The summed E-state index contributed by atoms with van der Waals surface area (Å²) in [6, 6.07) is 0. The van der Waals surface area contributed by atoms with Gasteiger partial charge in [-0.25, -0.2) is 5.41 Å². The molecule has 0 aromatic heterocycles. The molecule has 0 radical (unpaired) electrons. The van der Waals surface area contributed by atoms with Crippen LogP contribution in [0, 0.1) is 17.0 Å². The van der Waals surface area contributed by atoms with Crippen molar-refractivity contribution in [3.8, 4) is 0 Å². The Balaban J connectivity index is 2.72. The predicted molar refractivity (Wildman–Crippen MR) is 35.3 cm³/mol. The van der Waals surface area contributed by atoms with Crippen molar-refractivity contribution in [1.82, 2.24) is 4.90 Å². The summed E-state index contributed by atoms with van der Waals surface area (Å²) in [6.45, 7) is 0. The van der Waals surface area contributed by atoms with Crippen LogP contribution in [0.15, 0.2) is 17.8 Å². The highest BCUT2D eigenvalue weighted by Crippen LogP contribution is 2.03. The van der Waals surface area contributed by atoms with Crippen molar-refractivity contribution in [3.63, 3.8) is 0 Å². The minimum Gasteiger partial charge on any atom is -0.296 e. The fraction of sp³-hybridized carbons (Fsp3) is 0. The van der Waals surface area contributed by atoms with Gasteiger partial charge in [0, 0.05) is 0 Å². The molecule has 9 heavy (non-hydrogen) atoms. The third kappa shape index (κ3) is 1.01. The standard InChI is InChI=1S/C6H6N3/c7-3-6-1-2-9(4-6)5-8/h1,3-5,7-8H/q+1. The average molecular weight is 120 g/mol. The summed E-state index contributed by atoms with van der Waals surface area (Å²) < 4.78 is 0. The largest absolute Gasteiger partial charge is 0.296 e. The molecule has 1 aliphatic rings. The maximum atomic E-state index is 6.80. The maximum absolute atomic E-state index is 6.80. The van der Waals surface area contributed by atoms with Gasteiger partial charge in [0.15, 0.2) is 6.34 Å². The van der Waals surface area contributed by atoms with E-state index >= 15 is 0 Å². The van der Waals surface area contributed by atoms with Gasteiger partial charge < -0.3 is 0 Å². The van der Waals surface area contributed by atoms with Gasteiger partial charge in [0.05, 0.1) is 6.21 Å². The third-order valence-electron chi connectivity index (χ3n) is 0.974. The Bertz CT molecular complexity index is 190. The lowest BCUT2D eigenvalue weighted by Gasteiger charge is -1.85. The normalized spacial score (nSPS) is 14.7. The first-order valence-corrected chi connectivity index (χ1v) is 2.47. The van der Waals surface area contributed by atoms with E-state index < -0.39 is 0 Å². The third-order valence-corrected chi connectivity index (χ3v) is 0.974. The number of nitrogens with one attached hydrogen (secondary N) is 2. The first-order valence-electron chi connectivity index (χ1n) is 2.47. The van der Waals surface area contributed by atoms with Crippen LogP contribution in [0.1, 0.15) is 0 Å². The molecule has 0 saturated heterocycles. The van der Waals surface area contributed by atoms with Crippen molar-refractivity contribution in [2.75, 3.05) is 0 Å². The van der Waals surface area contributed by atoms with E-state index in [1.54, 1.807) is 12.3 Å². The SMILES string of the molecule is N=CC1=CN(C=N)[C+]=C1. The van der Waals surface area contributed by atoms with E-state index in [2.05, 4.69) is 6.20 Å². The molecule has 0 aliphatic carbocycles. The molecule has 0 aromatic carbocycles. The summed E-state index contributed by atoms with van der Waals surface area (Å²) in [7, 11) is 0. The number of allylic oxidation sites excluding steroid dienone is 2. The van der Waals surface area contributed by atoms with Crippen molar-refractivity contribution < 1.29 is 0 Å². The second-order valence-electron chi connectivity index (χ2n) is 1.58. The van der Waals surface area contributed by atoms with E-state index in [-0.39, 0.29) is 0 Å². The Kier molecular flexibility index (Phi) is 1.38. The predicted octanol–water partition coefficient (Wildman–Crippen LogP) is 0.759. The smallest absolute Gasteiger partial charge is 0.178 e. The number of hydrogen-bond acceptors (Lipinski definition) is 2. The van der Waals surface area contributed by atoms with Gasteiger partial charge in [0.25, 0.3) is 0 Å². The van der Waals surface area contributed by atoms with E-state index in [0.717, 1.165) is 11.9 Å². The van der Waals surface area contributed by atoms with Crippen LogP contribution >= 0.6 is 0 Å². The molecule has 0 atom stereocenters. The van der Waals surface area contributed by atoms with Gasteiger partial charge in [-0.15, -0.1) is 4.90 Å². The molecule has 0 spiro atoms. The minimum atomic E-state index is 0.763. The van der Waals surface area contributed by atoms with Gasteiger partial charge in [0.2, 0.25) is 0 Å². The molecule has 2 N–H and O–H groups in total. The summed E-state index contributed by atoms with van der Waals surface area (Å²) in [5, 5.41) is 13.6. The number of nitrogens with zero attached hydrogens (tertiary/aromatic N) is 1. The molecule has 1 rings (SSSR count). The van der Waals surface area contributed by atoms with E-state index in [0.29, 0.717) is 0 Å². The summed E-state index contributed by atoms with van der Waals surface area (Å²) in [6.07, 6.45) is 8.38. The highest BCUT2D eigenvalue weighted by Gasteiger charge is 2.10. The minimum absolute atomic E-state index is 0.763. The van der Waals surface area contributed by atoms with Crippen molar-refractivity contribution in [3.05, 3.63) is 24.0 Å². The Hall–Kier alpha value is -1.47. The van der Waals surface area contributed by atoms with E-state index in [4.69, 9.17) is 10.8 Å². The molecule has 0 fully saturated rings. The van der Waals surface area contributed by atoms with Crippen LogP contribution in [0.4, 0.5) is 0 Å². The molecule has 0 saturated carbocycles. The zero-order chi connectivity index (χ0) is 6.69. The number of rotatable bonds is 2. The summed E-state index contributed by atoms with van der Waals surface area (Å²) in [5.74, 6) is 0. The average Bonchev–Trinajstić information content (AvgIpc) is 2.34. The van der Waals surface area contributed by atoms with Crippen LogP contribution in [-0.2, 0) is 0 Å². The van der Waals surface area contributed by atoms with Crippen molar-refractivity contribution in [1.29, 1.82) is 10.8 Å². The molecule has 1 aliphatic heterocycles. The van der Waals surface area contributed by atoms with E-state index in [9.17, 15) is 0 Å². The van der Waals surface area contributed by atoms with Gasteiger partial charge in [-0.05, 0) is 0 Å². The highest BCUT2D eigenvalue weighted by atomic mass is 15.1. The van der Waals surface area contributed by atoms with Gasteiger partial charge in [-0.2, -0.15) is 0 Å². The molecule has 0 bridgehead atoms. The topological polar surface area (TPSA) is 50.9 Å². The molecule has 3 heteroatoms. The molecular formula is C6H6N3+. The van der Waals surface area contributed by atoms with Gasteiger partial charge in [-0.1, -0.05) is 0 Å². The van der Waals surface area contributed by atoms with Crippen LogP contribution in [-0.4, -0.2) is 17.5 Å². The van der Waals surface area contributed by atoms with Crippen molar-refractivity contribution in [2.45, 2.75) is 0 Å². The lowest BCUT2D eigenvalue weighted by molar-refractivity contribution is 0.763. The fourth-order valence-corrected chi connectivity index (χ4v) is 0.538. The Labute approximate surface area is 53.3 Å². The molecule has 0 amide bonds. The zero-order valence-corrected chi connectivity index (χ0v) is 4.76. The summed E-state index contributed by atoms with van der Waals surface area (Å²) in [4.78, 5) is 1.46. The Morgan fingerprint density at radius 1 is 1.56 bits per heavy atom. The monoisotopic (exact) mass is 120 g/mol. The van der Waals surface area contributed by atoms with Crippen LogP contribution < -0.4 is 0 Å². The van der Waals surface area contributed by atoms with E-state index in [1.807, 2.05) is 0 Å². The molecule has 3 nitrogen and oxygen atoms in total. The lowest BCUT2D eigenvalue weighted by Crippen LogP contribution is -2.01. The first-order chi connectivity index (χ1) is 4.36. The molecule has 0 unspecified atom stereocenters. The van der Waals surface area contributed by atoms with Crippen LogP contribution in [0.3, 0.4) is 0 Å². The van der Waals surface area contributed by atoms with Gasteiger partial charge in [-0.3, -0.25) is 5.41 Å². The summed E-state index contributed by atoms with van der Waals surface area (Å²) >= 11 is 0. The highest BCUT2D eigenvalue weighted by molar-refractivity contribution is 5.81. The maximum Gasteiger partial charge on any atom is 0.178 e. The summed E-state index contributed by atoms with van der Waals surface area (Å²) in [5.41, 5.74) is 0.763. The van der Waals surface area contributed by atoms with Crippen molar-refractivity contribution >= 4 is 12.6 Å². The number of hydrogen-bond donors (Lipinski definition) is 2. The quantitative estimate of drug-likeness (QED) is 0.315. The Morgan fingerprint density at radius 3 is 2.67 bits per heavy atom. The second kappa shape index (κ2) is 2.20. The van der Waals surface area contributed by atoms with Crippen LogP contribution in [0.2, 0.25) is 0 Å². The Morgan fingerprint density at radius 2 is 2.33 bits per heavy atom. The molecule has 0 aromatic rings. The van der Waals surface area contributed by atoms with Gasteiger partial charge in [0.1, 0.15) is 24.0 Å². The lowest BCUT2D eigenvalue weighted by atomic mass is 10.3.